The van der Waals surface area contributed by atoms with Crippen molar-refractivity contribution >= 4 is 11.8 Å². The molecule has 0 saturated carbocycles. The normalized spacial score (nSPS) is 25.3. The smallest absolute Gasteiger partial charge is 0.312 e. The summed E-state index contributed by atoms with van der Waals surface area (Å²) in [6.45, 7) is 3.91. The van der Waals surface area contributed by atoms with Crippen LogP contribution in [0, 0.1) is 0 Å². The van der Waals surface area contributed by atoms with Gasteiger partial charge in [0.15, 0.2) is 0 Å². The fraction of sp³-hybridized carbons (Fsp3) is 0.818. The zero-order valence-electron chi connectivity index (χ0n) is 9.90. The number of rotatable bonds is 2. The summed E-state index contributed by atoms with van der Waals surface area (Å²) in [5.41, 5.74) is 0. The molecule has 2 amide bonds. The zero-order valence-corrected chi connectivity index (χ0v) is 9.90. The fourth-order valence-electron chi connectivity index (χ4n) is 2.18. The van der Waals surface area contributed by atoms with Crippen molar-refractivity contribution in [2.24, 2.45) is 0 Å². The Morgan fingerprint density at radius 1 is 1.31 bits per heavy atom. The summed E-state index contributed by atoms with van der Waals surface area (Å²) in [4.78, 5) is 25.0. The van der Waals surface area contributed by atoms with Crippen LogP contribution in [0.5, 0.6) is 0 Å². The molecule has 0 spiro atoms. The maximum atomic E-state index is 11.9. The highest BCUT2D eigenvalue weighted by Crippen LogP contribution is 2.22. The molecule has 2 unspecified atom stereocenters. The molecule has 1 rings (SSSR count). The van der Waals surface area contributed by atoms with Gasteiger partial charge in [0.2, 0.25) is 0 Å². The first-order valence-electron chi connectivity index (χ1n) is 5.79. The molecule has 1 fully saturated rings. The Labute approximate surface area is 95.8 Å². The van der Waals surface area contributed by atoms with Crippen LogP contribution in [-0.4, -0.2) is 47.1 Å². The van der Waals surface area contributed by atoms with Crippen molar-refractivity contribution in [2.75, 3.05) is 13.2 Å². The van der Waals surface area contributed by atoms with E-state index in [9.17, 15) is 9.59 Å². The number of nitrogens with one attached hydrogen (secondary N) is 1. The number of carbonyl (C=O) groups excluding carboxylic acids is 2. The molecule has 0 aliphatic carbocycles. The first-order valence-corrected chi connectivity index (χ1v) is 5.79. The lowest BCUT2D eigenvalue weighted by molar-refractivity contribution is -0.150. The molecule has 1 saturated heterocycles. The second-order valence-electron chi connectivity index (χ2n) is 4.32. The van der Waals surface area contributed by atoms with Gasteiger partial charge in [0.05, 0.1) is 6.61 Å². The predicted octanol–water partition coefficient (Wildman–Crippen LogP) is -0.116. The van der Waals surface area contributed by atoms with Crippen LogP contribution in [0.4, 0.5) is 0 Å². The molecule has 0 radical (unpaired) electrons. The van der Waals surface area contributed by atoms with Gasteiger partial charge in [-0.1, -0.05) is 0 Å². The third-order valence-corrected chi connectivity index (χ3v) is 3.02. The highest BCUT2D eigenvalue weighted by atomic mass is 16.3. The minimum absolute atomic E-state index is 0.121. The Bertz CT molecular complexity index is 258. The third-order valence-electron chi connectivity index (χ3n) is 3.02. The number of piperidine rings is 1. The number of nitrogens with zero attached hydrogens (tertiary/aromatic N) is 1. The van der Waals surface area contributed by atoms with E-state index in [1.54, 1.807) is 4.90 Å². The van der Waals surface area contributed by atoms with E-state index in [1.807, 2.05) is 13.8 Å². The van der Waals surface area contributed by atoms with Crippen LogP contribution in [0.3, 0.4) is 0 Å². The molecule has 16 heavy (non-hydrogen) atoms. The highest BCUT2D eigenvalue weighted by molar-refractivity contribution is 6.35. The number of hydrogen-bond donors (Lipinski definition) is 2. The minimum atomic E-state index is -0.616. The first-order chi connectivity index (χ1) is 7.57. The Morgan fingerprint density at radius 3 is 2.38 bits per heavy atom. The van der Waals surface area contributed by atoms with E-state index in [0.29, 0.717) is 0 Å². The number of likely N-dealkylation sites (tertiary alicyclic amines) is 1. The summed E-state index contributed by atoms with van der Waals surface area (Å²) < 4.78 is 0. The summed E-state index contributed by atoms with van der Waals surface area (Å²) in [6, 6.07) is 0.243. The van der Waals surface area contributed by atoms with Gasteiger partial charge in [0, 0.05) is 18.6 Å². The predicted molar refractivity (Wildman–Crippen MR) is 59.7 cm³/mol. The number of carbonyl (C=O) groups is 2. The Hall–Kier alpha value is -1.10. The topological polar surface area (TPSA) is 69.6 Å². The number of aliphatic hydroxyl groups excluding tert-OH is 1. The maximum absolute atomic E-state index is 11.9. The Balaban J connectivity index is 2.59. The van der Waals surface area contributed by atoms with Gasteiger partial charge in [0.1, 0.15) is 0 Å². The molecule has 5 nitrogen and oxygen atoms in total. The lowest BCUT2D eigenvalue weighted by atomic mass is 9.97. The lowest BCUT2D eigenvalue weighted by Crippen LogP contribution is -2.53. The largest absolute Gasteiger partial charge is 0.395 e. The average Bonchev–Trinajstić information content (AvgIpc) is 2.25. The molecule has 2 N–H and O–H groups in total. The summed E-state index contributed by atoms with van der Waals surface area (Å²) >= 11 is 0. The number of amides is 2. The second kappa shape index (κ2) is 5.84. The van der Waals surface area contributed by atoms with Crippen LogP contribution < -0.4 is 5.32 Å². The van der Waals surface area contributed by atoms with Crippen LogP contribution in [0.2, 0.25) is 0 Å². The van der Waals surface area contributed by atoms with Gasteiger partial charge >= 0.3 is 11.8 Å². The van der Waals surface area contributed by atoms with Gasteiger partial charge < -0.3 is 15.3 Å². The zero-order chi connectivity index (χ0) is 12.1. The number of hydrogen-bond acceptors (Lipinski definition) is 3. The van der Waals surface area contributed by atoms with E-state index < -0.39 is 11.8 Å². The van der Waals surface area contributed by atoms with E-state index in [2.05, 4.69) is 5.32 Å². The fourth-order valence-corrected chi connectivity index (χ4v) is 2.18. The molecule has 1 aliphatic rings. The molecular formula is C11H20N2O3. The minimum Gasteiger partial charge on any atom is -0.395 e. The molecule has 2 atom stereocenters. The molecule has 0 bridgehead atoms. The van der Waals surface area contributed by atoms with Crippen molar-refractivity contribution in [3.63, 3.8) is 0 Å². The van der Waals surface area contributed by atoms with Gasteiger partial charge in [-0.05, 0) is 33.1 Å². The molecule has 0 aromatic rings. The van der Waals surface area contributed by atoms with Crippen molar-refractivity contribution in [3.8, 4) is 0 Å². The van der Waals surface area contributed by atoms with E-state index in [1.165, 1.54) is 0 Å². The molecule has 92 valence electrons. The molecule has 0 aromatic heterocycles. The summed E-state index contributed by atoms with van der Waals surface area (Å²) in [5.74, 6) is -1.09. The van der Waals surface area contributed by atoms with Crippen molar-refractivity contribution < 1.29 is 14.7 Å². The van der Waals surface area contributed by atoms with E-state index in [4.69, 9.17) is 5.11 Å². The summed E-state index contributed by atoms with van der Waals surface area (Å²) in [7, 11) is 0. The van der Waals surface area contributed by atoms with Crippen LogP contribution in [0.15, 0.2) is 0 Å². The highest BCUT2D eigenvalue weighted by Gasteiger charge is 2.32. The monoisotopic (exact) mass is 228 g/mol. The van der Waals surface area contributed by atoms with E-state index in [-0.39, 0.29) is 25.2 Å². The molecule has 5 heteroatoms. The van der Waals surface area contributed by atoms with Crippen molar-refractivity contribution in [2.45, 2.75) is 45.2 Å². The van der Waals surface area contributed by atoms with Crippen LogP contribution in [0.1, 0.15) is 33.1 Å². The molecule has 1 heterocycles. The van der Waals surface area contributed by atoms with Gasteiger partial charge in [-0.15, -0.1) is 0 Å². The van der Waals surface area contributed by atoms with E-state index >= 15 is 0 Å². The van der Waals surface area contributed by atoms with Crippen LogP contribution >= 0.6 is 0 Å². The Morgan fingerprint density at radius 2 is 1.88 bits per heavy atom. The van der Waals surface area contributed by atoms with Gasteiger partial charge in [-0.2, -0.15) is 0 Å². The molecule has 0 aromatic carbocycles. The van der Waals surface area contributed by atoms with Gasteiger partial charge in [-0.3, -0.25) is 9.59 Å². The molecule has 1 aliphatic heterocycles. The quantitative estimate of drug-likeness (QED) is 0.648. The van der Waals surface area contributed by atoms with Gasteiger partial charge in [-0.25, -0.2) is 0 Å². The SMILES string of the molecule is CC1CCCC(C)N1C(=O)C(=O)NCCO. The van der Waals surface area contributed by atoms with Crippen molar-refractivity contribution in [3.05, 3.63) is 0 Å². The Kier molecular flexibility index (Phi) is 4.73. The standard InChI is InChI=1S/C11H20N2O3/c1-8-4-3-5-9(2)13(8)11(16)10(15)12-6-7-14/h8-9,14H,3-7H2,1-2H3,(H,12,15). The van der Waals surface area contributed by atoms with Crippen LogP contribution in [0.25, 0.3) is 0 Å². The summed E-state index contributed by atoms with van der Waals surface area (Å²) in [5, 5.41) is 11.0. The second-order valence-corrected chi connectivity index (χ2v) is 4.32. The van der Waals surface area contributed by atoms with Gasteiger partial charge in [0.25, 0.3) is 0 Å². The average molecular weight is 228 g/mol. The van der Waals surface area contributed by atoms with Crippen LogP contribution in [-0.2, 0) is 9.59 Å². The van der Waals surface area contributed by atoms with Crippen molar-refractivity contribution in [1.82, 2.24) is 10.2 Å². The number of aliphatic hydroxyl groups is 1. The van der Waals surface area contributed by atoms with Crippen molar-refractivity contribution in [1.29, 1.82) is 0 Å². The van der Waals surface area contributed by atoms with E-state index in [0.717, 1.165) is 19.3 Å². The maximum Gasteiger partial charge on any atom is 0.312 e. The molecular weight excluding hydrogens is 208 g/mol. The first kappa shape index (κ1) is 13.0. The third kappa shape index (κ3) is 2.95. The summed E-state index contributed by atoms with van der Waals surface area (Å²) in [6.07, 6.45) is 3.00. The lowest BCUT2D eigenvalue weighted by Gasteiger charge is -2.38.